The van der Waals surface area contributed by atoms with E-state index in [0.29, 0.717) is 5.69 Å². The second kappa shape index (κ2) is 7.20. The van der Waals surface area contributed by atoms with Crippen molar-refractivity contribution in [2.24, 2.45) is 7.05 Å². The highest BCUT2D eigenvalue weighted by Crippen LogP contribution is 2.18. The van der Waals surface area contributed by atoms with Crippen LogP contribution in [0, 0.1) is 0 Å². The van der Waals surface area contributed by atoms with Gasteiger partial charge in [0.25, 0.3) is 0 Å². The van der Waals surface area contributed by atoms with Crippen molar-refractivity contribution in [1.29, 1.82) is 0 Å². The van der Waals surface area contributed by atoms with Gasteiger partial charge in [0.1, 0.15) is 11.6 Å². The summed E-state index contributed by atoms with van der Waals surface area (Å²) in [6.07, 6.45) is 4.08. The molecule has 10 heteroatoms. The van der Waals surface area contributed by atoms with E-state index in [-0.39, 0.29) is 12.6 Å². The first-order valence-electron chi connectivity index (χ1n) is 8.32. The lowest BCUT2D eigenvalue weighted by Crippen LogP contribution is -3.11. The monoisotopic (exact) mass is 374 g/mol. The first-order chi connectivity index (χ1) is 11.5. The number of aryl methyl sites for hydroxylation is 1. The fourth-order valence-corrected chi connectivity index (χ4v) is 3.97. The molecule has 2 heterocycles. The number of quaternary nitrogens is 1. The molecule has 0 aliphatic carbocycles. The molecular weight excluding hydrogens is 346 g/mol. The molecule has 1 saturated heterocycles. The summed E-state index contributed by atoms with van der Waals surface area (Å²) < 4.78 is 35.4. The average Bonchev–Trinajstić information content (AvgIpc) is 3.01. The first kappa shape index (κ1) is 19.5. The van der Waals surface area contributed by atoms with Crippen molar-refractivity contribution < 1.29 is 22.8 Å². The number of rotatable bonds is 5. The number of likely N-dealkylation sites (N-methyl/N-ethyl adjacent to an activating group) is 1. The predicted molar refractivity (Wildman–Crippen MR) is 93.6 cm³/mol. The van der Waals surface area contributed by atoms with Crippen LogP contribution in [0.15, 0.2) is 12.4 Å². The van der Waals surface area contributed by atoms with Gasteiger partial charge in [-0.05, 0) is 20.8 Å². The lowest BCUT2D eigenvalue weighted by Gasteiger charge is -2.27. The van der Waals surface area contributed by atoms with Gasteiger partial charge in [0, 0.05) is 26.1 Å². The van der Waals surface area contributed by atoms with E-state index in [4.69, 9.17) is 4.74 Å². The van der Waals surface area contributed by atoms with Crippen LogP contribution in [0.3, 0.4) is 0 Å². The molecule has 1 fully saturated rings. The smallest absolute Gasteiger partial charge is 0.422 e. The van der Waals surface area contributed by atoms with Gasteiger partial charge in [0.15, 0.2) is 0 Å². The number of nitrogens with one attached hydrogen (secondary N) is 2. The van der Waals surface area contributed by atoms with Crippen LogP contribution in [0.25, 0.3) is 0 Å². The van der Waals surface area contributed by atoms with Crippen LogP contribution in [0.1, 0.15) is 33.6 Å². The molecule has 1 unspecified atom stereocenters. The number of hydrogen-bond acceptors (Lipinski definition) is 5. The minimum atomic E-state index is -4.10. The molecule has 2 rings (SSSR count). The third kappa shape index (κ3) is 5.33. The van der Waals surface area contributed by atoms with Crippen molar-refractivity contribution in [1.82, 2.24) is 14.5 Å². The Kier molecular flexibility index (Phi) is 5.62. The van der Waals surface area contributed by atoms with Gasteiger partial charge >= 0.3 is 16.3 Å². The Morgan fingerprint density at radius 3 is 2.68 bits per heavy atom. The maximum absolute atomic E-state index is 12.8. The van der Waals surface area contributed by atoms with Gasteiger partial charge in [-0.2, -0.15) is 13.5 Å². The molecule has 1 aromatic heterocycles. The molecule has 1 aromatic rings. The lowest BCUT2D eigenvalue weighted by atomic mass is 10.2. The zero-order valence-corrected chi connectivity index (χ0v) is 16.3. The van der Waals surface area contributed by atoms with Crippen LogP contribution in [-0.4, -0.2) is 56.1 Å². The third-order valence-electron chi connectivity index (χ3n) is 4.09. The quantitative estimate of drug-likeness (QED) is 0.736. The normalized spacial score (nSPS) is 21.2. The molecule has 0 radical (unpaired) electrons. The lowest BCUT2D eigenvalue weighted by molar-refractivity contribution is -0.890. The highest BCUT2D eigenvalue weighted by atomic mass is 32.2. The summed E-state index contributed by atoms with van der Waals surface area (Å²) in [7, 11) is -0.343. The van der Waals surface area contributed by atoms with Crippen LogP contribution in [0.2, 0.25) is 0 Å². The van der Waals surface area contributed by atoms with Gasteiger partial charge < -0.3 is 9.64 Å². The molecule has 0 spiro atoms. The zero-order chi connectivity index (χ0) is 18.8. The number of aromatic nitrogens is 2. The summed E-state index contributed by atoms with van der Waals surface area (Å²) >= 11 is 0. The second-order valence-corrected chi connectivity index (χ2v) is 9.04. The molecule has 2 N–H and O–H groups in total. The average molecular weight is 374 g/mol. The molecule has 1 amide bonds. The van der Waals surface area contributed by atoms with Crippen molar-refractivity contribution in [2.75, 3.05) is 24.4 Å². The highest BCUT2D eigenvalue weighted by molar-refractivity contribution is 7.91. The second-order valence-electron chi connectivity index (χ2n) is 7.45. The Morgan fingerprint density at radius 2 is 2.20 bits per heavy atom. The van der Waals surface area contributed by atoms with Crippen molar-refractivity contribution in [3.63, 3.8) is 0 Å². The SMILES string of the molecule is Cn1cc(N(C[C@@H]2CCC[NH+]2C)S(=O)(=O)NC(=O)OC(C)(C)C)cn1. The van der Waals surface area contributed by atoms with Crippen molar-refractivity contribution in [3.05, 3.63) is 12.4 Å². The van der Waals surface area contributed by atoms with Crippen LogP contribution < -0.4 is 13.9 Å². The summed E-state index contributed by atoms with van der Waals surface area (Å²) in [6.45, 7) is 6.31. The fourth-order valence-electron chi connectivity index (χ4n) is 2.86. The van der Waals surface area contributed by atoms with Crippen LogP contribution in [-0.2, 0) is 22.0 Å². The van der Waals surface area contributed by atoms with E-state index in [2.05, 4.69) is 5.10 Å². The van der Waals surface area contributed by atoms with Crippen LogP contribution >= 0.6 is 0 Å². The summed E-state index contributed by atoms with van der Waals surface area (Å²) in [4.78, 5) is 13.2. The van der Waals surface area contributed by atoms with Crippen molar-refractivity contribution in [3.8, 4) is 0 Å². The van der Waals surface area contributed by atoms with Crippen molar-refractivity contribution in [2.45, 2.75) is 45.3 Å². The summed E-state index contributed by atoms with van der Waals surface area (Å²) in [5.74, 6) is 0. The minimum Gasteiger partial charge on any atom is -0.443 e. The molecule has 1 aliphatic heterocycles. The van der Waals surface area contributed by atoms with E-state index >= 15 is 0 Å². The van der Waals surface area contributed by atoms with E-state index in [1.165, 1.54) is 20.1 Å². The van der Waals surface area contributed by atoms with E-state index in [0.717, 1.165) is 19.4 Å². The zero-order valence-electron chi connectivity index (χ0n) is 15.4. The summed E-state index contributed by atoms with van der Waals surface area (Å²) in [6, 6.07) is 0.162. The Morgan fingerprint density at radius 1 is 1.52 bits per heavy atom. The van der Waals surface area contributed by atoms with E-state index in [1.807, 2.05) is 11.8 Å². The number of nitrogens with zero attached hydrogens (tertiary/aromatic N) is 3. The molecular formula is C15H28N5O4S+. The minimum absolute atomic E-state index is 0.162. The largest absolute Gasteiger partial charge is 0.443 e. The molecule has 0 aromatic carbocycles. The first-order valence-corrected chi connectivity index (χ1v) is 9.76. The third-order valence-corrected chi connectivity index (χ3v) is 5.45. The molecule has 2 atom stereocenters. The molecule has 1 aliphatic rings. The number of carbonyl (C=O) groups excluding carboxylic acids is 1. The van der Waals surface area contributed by atoms with Gasteiger partial charge in [-0.15, -0.1) is 0 Å². The summed E-state index contributed by atoms with van der Waals surface area (Å²) in [5.41, 5.74) is -0.368. The van der Waals surface area contributed by atoms with E-state index in [9.17, 15) is 13.2 Å². The Balaban J connectivity index is 2.22. The number of likely N-dealkylation sites (tertiary alicyclic amines) is 1. The van der Waals surface area contributed by atoms with Gasteiger partial charge in [-0.1, -0.05) is 0 Å². The van der Waals surface area contributed by atoms with Crippen LogP contribution in [0.5, 0.6) is 0 Å². The number of carbonyl (C=O) groups is 1. The number of amides is 1. The Labute approximate surface area is 149 Å². The molecule has 9 nitrogen and oxygen atoms in total. The van der Waals surface area contributed by atoms with Gasteiger partial charge in [-0.3, -0.25) is 4.68 Å². The standard InChI is InChI=1S/C15H27N5O4S/c1-15(2,3)24-14(21)17-25(22,23)20(13-9-16-19(5)10-13)11-12-7-6-8-18(12)4/h9-10,12H,6-8,11H2,1-5H3,(H,17,21)/p+1/t12-/m0/s1. The highest BCUT2D eigenvalue weighted by Gasteiger charge is 2.34. The molecule has 25 heavy (non-hydrogen) atoms. The van der Waals surface area contributed by atoms with Crippen molar-refractivity contribution >= 4 is 22.0 Å². The predicted octanol–water partition coefficient (Wildman–Crippen LogP) is -0.327. The van der Waals surface area contributed by atoms with Crippen LogP contribution in [0.4, 0.5) is 10.5 Å². The number of hydrogen-bond donors (Lipinski definition) is 2. The maximum atomic E-state index is 12.8. The molecule has 0 saturated carbocycles. The number of anilines is 1. The Hall–Kier alpha value is -1.81. The van der Waals surface area contributed by atoms with Gasteiger partial charge in [-0.25, -0.2) is 13.8 Å². The molecule has 142 valence electrons. The maximum Gasteiger partial charge on any atom is 0.422 e. The summed E-state index contributed by atoms with van der Waals surface area (Å²) in [5, 5.41) is 4.04. The van der Waals surface area contributed by atoms with Gasteiger partial charge in [0.05, 0.1) is 32.0 Å². The van der Waals surface area contributed by atoms with E-state index < -0.39 is 21.9 Å². The molecule has 0 bridgehead atoms. The number of ether oxygens (including phenoxy) is 1. The topological polar surface area (TPSA) is 98.0 Å². The van der Waals surface area contributed by atoms with E-state index in [1.54, 1.807) is 34.0 Å². The Bertz CT molecular complexity index is 710. The van der Waals surface area contributed by atoms with Gasteiger partial charge in [0.2, 0.25) is 0 Å². The fraction of sp³-hybridized carbons (Fsp3) is 0.733.